The van der Waals surface area contributed by atoms with E-state index in [2.05, 4.69) is 10.3 Å². The van der Waals surface area contributed by atoms with E-state index >= 15 is 0 Å². The third-order valence-corrected chi connectivity index (χ3v) is 1.76. The van der Waals surface area contributed by atoms with Gasteiger partial charge in [-0.25, -0.2) is 15.5 Å². The van der Waals surface area contributed by atoms with E-state index in [-0.39, 0.29) is 0 Å². The monoisotopic (exact) mass is 157 g/mol. The van der Waals surface area contributed by atoms with E-state index in [1.165, 1.54) is 0 Å². The van der Waals surface area contributed by atoms with Gasteiger partial charge >= 0.3 is 6.03 Å². The molecule has 63 valence electrons. The van der Waals surface area contributed by atoms with Gasteiger partial charge in [0.05, 0.1) is 0 Å². The van der Waals surface area contributed by atoms with Gasteiger partial charge in [-0.3, -0.25) is 5.43 Å². The number of hydrogen-bond acceptors (Lipinski definition) is 3. The molecule has 1 aliphatic heterocycles. The summed E-state index contributed by atoms with van der Waals surface area (Å²) < 4.78 is 0. The molecule has 1 fully saturated rings. The molecule has 1 rings (SSSR count). The van der Waals surface area contributed by atoms with Gasteiger partial charge in [0, 0.05) is 26.2 Å². The molecule has 1 aliphatic rings. The first-order valence-corrected chi connectivity index (χ1v) is 3.64. The molecule has 1 radical (unpaired) electrons. The topological polar surface area (TPSA) is 59.4 Å². The average Bonchev–Trinajstić information content (AvgIpc) is 1.93. The van der Waals surface area contributed by atoms with Gasteiger partial charge in [-0.15, -0.1) is 0 Å². The van der Waals surface area contributed by atoms with Crippen molar-refractivity contribution < 1.29 is 4.79 Å². The minimum Gasteiger partial charge on any atom is -0.304 e. The van der Waals surface area contributed by atoms with Crippen LogP contribution in [0.4, 0.5) is 4.79 Å². The predicted octanol–water partition coefficient (Wildman–Crippen LogP) is -0.859. The largest absolute Gasteiger partial charge is 0.348 e. The van der Waals surface area contributed by atoms with E-state index in [4.69, 9.17) is 5.73 Å². The zero-order valence-electron chi connectivity index (χ0n) is 6.63. The Labute approximate surface area is 66.1 Å². The van der Waals surface area contributed by atoms with E-state index in [1.807, 2.05) is 7.05 Å². The molecule has 0 aromatic heterocycles. The molecular formula is C6H13N4O. The molecule has 5 nitrogen and oxygen atoms in total. The number of hydrogen-bond donors (Lipinski definition) is 1. The van der Waals surface area contributed by atoms with Crippen molar-refractivity contribution in [2.75, 3.05) is 33.2 Å². The highest BCUT2D eigenvalue weighted by Crippen LogP contribution is 1.94. The molecule has 0 aromatic rings. The van der Waals surface area contributed by atoms with Crippen molar-refractivity contribution in [2.45, 2.75) is 0 Å². The first-order chi connectivity index (χ1) is 5.18. The number of piperazine rings is 1. The van der Waals surface area contributed by atoms with Crippen LogP contribution in [0, 0.1) is 0 Å². The molecule has 1 saturated heterocycles. The highest BCUT2D eigenvalue weighted by molar-refractivity contribution is 5.70. The molecule has 0 unspecified atom stereocenters. The molecule has 0 spiro atoms. The van der Waals surface area contributed by atoms with Gasteiger partial charge in [-0.1, -0.05) is 0 Å². The van der Waals surface area contributed by atoms with Crippen LogP contribution < -0.4 is 11.2 Å². The van der Waals surface area contributed by atoms with Gasteiger partial charge in [0.2, 0.25) is 0 Å². The van der Waals surface area contributed by atoms with Crippen LogP contribution in [0.5, 0.6) is 0 Å². The second kappa shape index (κ2) is 3.54. The third-order valence-electron chi connectivity index (χ3n) is 1.76. The number of nitrogens with one attached hydrogen (secondary N) is 2. The summed E-state index contributed by atoms with van der Waals surface area (Å²) in [4.78, 5) is 12.5. The van der Waals surface area contributed by atoms with Crippen LogP contribution in [0.15, 0.2) is 0 Å². The highest BCUT2D eigenvalue weighted by atomic mass is 16.2. The van der Waals surface area contributed by atoms with Gasteiger partial charge < -0.3 is 4.90 Å². The van der Waals surface area contributed by atoms with E-state index in [0.717, 1.165) is 26.2 Å². The van der Waals surface area contributed by atoms with Crippen molar-refractivity contribution in [3.8, 4) is 0 Å². The number of rotatable bonds is 1. The van der Waals surface area contributed by atoms with Crippen molar-refractivity contribution in [3.05, 3.63) is 0 Å². The van der Waals surface area contributed by atoms with E-state index in [0.29, 0.717) is 0 Å². The van der Waals surface area contributed by atoms with Crippen LogP contribution in [0.2, 0.25) is 0 Å². The smallest absolute Gasteiger partial charge is 0.304 e. The number of amides is 2. The van der Waals surface area contributed by atoms with Gasteiger partial charge in [0.25, 0.3) is 0 Å². The number of hydrazine groups is 1. The predicted molar refractivity (Wildman–Crippen MR) is 40.7 cm³/mol. The number of urea groups is 1. The second-order valence-corrected chi connectivity index (χ2v) is 2.73. The van der Waals surface area contributed by atoms with Crippen LogP contribution >= 0.6 is 0 Å². The summed E-state index contributed by atoms with van der Waals surface area (Å²) in [5, 5.41) is 1.77. The maximum atomic E-state index is 10.3. The molecule has 11 heavy (non-hydrogen) atoms. The molecule has 1 heterocycles. The Hall–Kier alpha value is -0.810. The fraction of sp³-hybridized carbons (Fsp3) is 0.833. The zero-order chi connectivity index (χ0) is 8.27. The first kappa shape index (κ1) is 8.29. The lowest BCUT2D eigenvalue weighted by atomic mass is 10.4. The molecule has 0 aromatic carbocycles. The standard InChI is InChI=1S/C6H13N4O/c1-9-2-4-10(5-3-9)8-6(7)11/h7H,2-5H2,1H3,(H,8,11). The Balaban J connectivity index is 2.22. The van der Waals surface area contributed by atoms with Crippen molar-refractivity contribution in [1.82, 2.24) is 21.1 Å². The summed E-state index contributed by atoms with van der Waals surface area (Å²) in [5.41, 5.74) is 9.10. The van der Waals surface area contributed by atoms with Gasteiger partial charge in [-0.2, -0.15) is 0 Å². The van der Waals surface area contributed by atoms with Crippen molar-refractivity contribution >= 4 is 6.03 Å². The lowest BCUT2D eigenvalue weighted by Crippen LogP contribution is -2.52. The number of nitrogens with zero attached hydrogens (tertiary/aromatic N) is 2. The molecule has 0 aliphatic carbocycles. The Morgan fingerprint density at radius 3 is 2.36 bits per heavy atom. The van der Waals surface area contributed by atoms with Gasteiger partial charge in [0.1, 0.15) is 0 Å². The van der Waals surface area contributed by atoms with E-state index in [9.17, 15) is 4.79 Å². The lowest BCUT2D eigenvalue weighted by Gasteiger charge is -2.31. The molecule has 0 saturated carbocycles. The molecule has 2 amide bonds. The summed E-state index contributed by atoms with van der Waals surface area (Å²) in [7, 11) is 2.04. The van der Waals surface area contributed by atoms with Crippen molar-refractivity contribution in [3.63, 3.8) is 0 Å². The van der Waals surface area contributed by atoms with Gasteiger partial charge in [-0.05, 0) is 7.05 Å². The Kier molecular flexibility index (Phi) is 2.67. The highest BCUT2D eigenvalue weighted by Gasteiger charge is 2.13. The molecule has 2 N–H and O–H groups in total. The Bertz CT molecular complexity index is 142. The quantitative estimate of drug-likeness (QED) is 0.539. The molecule has 0 bridgehead atoms. The summed E-state index contributed by atoms with van der Waals surface area (Å²) in [6, 6.07) is -0.727. The summed E-state index contributed by atoms with van der Waals surface area (Å²) >= 11 is 0. The number of carbonyl (C=O) groups is 1. The molecular weight excluding hydrogens is 144 g/mol. The lowest BCUT2D eigenvalue weighted by molar-refractivity contribution is 0.115. The summed E-state index contributed by atoms with van der Waals surface area (Å²) in [5.74, 6) is 0. The van der Waals surface area contributed by atoms with Crippen LogP contribution in [0.3, 0.4) is 0 Å². The summed E-state index contributed by atoms with van der Waals surface area (Å²) in [6.07, 6.45) is 0. The number of carbonyl (C=O) groups excluding carboxylic acids is 1. The van der Waals surface area contributed by atoms with E-state index in [1.54, 1.807) is 5.01 Å². The van der Waals surface area contributed by atoms with E-state index < -0.39 is 6.03 Å². The zero-order valence-corrected chi connectivity index (χ0v) is 6.63. The minimum atomic E-state index is -0.727. The van der Waals surface area contributed by atoms with Crippen LogP contribution in [-0.2, 0) is 0 Å². The van der Waals surface area contributed by atoms with Crippen LogP contribution in [-0.4, -0.2) is 49.2 Å². The first-order valence-electron chi connectivity index (χ1n) is 3.64. The Morgan fingerprint density at radius 2 is 1.91 bits per heavy atom. The van der Waals surface area contributed by atoms with Crippen LogP contribution in [0.1, 0.15) is 0 Å². The normalized spacial score (nSPS) is 21.5. The molecule has 5 heteroatoms. The Morgan fingerprint density at radius 1 is 1.36 bits per heavy atom. The van der Waals surface area contributed by atoms with Crippen molar-refractivity contribution in [2.24, 2.45) is 0 Å². The maximum absolute atomic E-state index is 10.3. The molecule has 0 atom stereocenters. The SMILES string of the molecule is CN1CCN(NC([NH])=O)CC1. The van der Waals surface area contributed by atoms with Crippen LogP contribution in [0.25, 0.3) is 0 Å². The second-order valence-electron chi connectivity index (χ2n) is 2.73. The maximum Gasteiger partial charge on any atom is 0.348 e. The fourth-order valence-electron chi connectivity index (χ4n) is 1.06. The minimum absolute atomic E-state index is 0.727. The summed E-state index contributed by atoms with van der Waals surface area (Å²) in [6.45, 7) is 3.50. The average molecular weight is 157 g/mol. The van der Waals surface area contributed by atoms with Crippen molar-refractivity contribution in [1.29, 1.82) is 0 Å². The van der Waals surface area contributed by atoms with Gasteiger partial charge in [0.15, 0.2) is 0 Å². The third kappa shape index (κ3) is 2.73. The fourth-order valence-corrected chi connectivity index (χ4v) is 1.06. The number of likely N-dealkylation sites (N-methyl/N-ethyl adjacent to an activating group) is 1.